The summed E-state index contributed by atoms with van der Waals surface area (Å²) in [6.45, 7) is 5.43. The van der Waals surface area contributed by atoms with Crippen LogP contribution < -0.4 is 0 Å². The van der Waals surface area contributed by atoms with Crippen LogP contribution in [0.3, 0.4) is 0 Å². The van der Waals surface area contributed by atoms with Crippen molar-refractivity contribution in [1.29, 1.82) is 0 Å². The van der Waals surface area contributed by atoms with Crippen LogP contribution in [0.1, 0.15) is 18.9 Å². The van der Waals surface area contributed by atoms with Crippen LogP contribution in [-0.2, 0) is 6.67 Å². The van der Waals surface area contributed by atoms with Gasteiger partial charge < -0.3 is 0 Å². The Balaban J connectivity index is 1.55. The molecule has 2 fully saturated rings. The highest BCUT2D eigenvalue weighted by atomic mass is 32.1. The van der Waals surface area contributed by atoms with Crippen LogP contribution in [0, 0.1) is 17.1 Å². The molecule has 4 rings (SSSR count). The lowest BCUT2D eigenvalue weighted by Gasteiger charge is -2.33. The Bertz CT molecular complexity index is 821. The van der Waals surface area contributed by atoms with Crippen LogP contribution in [-0.4, -0.2) is 61.9 Å². The summed E-state index contributed by atoms with van der Waals surface area (Å²) in [5, 5.41) is 4.84. The Labute approximate surface area is 153 Å². The predicted molar refractivity (Wildman–Crippen MR) is 99.4 cm³/mol. The van der Waals surface area contributed by atoms with E-state index in [1.54, 1.807) is 6.20 Å². The molecule has 1 saturated heterocycles. The van der Waals surface area contributed by atoms with Gasteiger partial charge in [0.25, 0.3) is 0 Å². The Hall–Kier alpha value is -2.01. The third-order valence-electron chi connectivity index (χ3n) is 4.82. The molecular weight excluding hydrogens is 332 g/mol. The fraction of sp³-hybridized carbons (Fsp3) is 0.500. The van der Waals surface area contributed by atoms with E-state index in [4.69, 9.17) is 23.7 Å². The molecule has 0 amide bonds. The lowest BCUT2D eigenvalue weighted by Crippen LogP contribution is -2.46. The molecule has 25 heavy (non-hydrogen) atoms. The van der Waals surface area contributed by atoms with E-state index in [1.165, 1.54) is 12.8 Å². The molecular formula is C18H22N6S. The first-order valence-electron chi connectivity index (χ1n) is 8.74. The van der Waals surface area contributed by atoms with Gasteiger partial charge >= 0.3 is 0 Å². The molecule has 0 spiro atoms. The molecule has 1 aliphatic carbocycles. The van der Waals surface area contributed by atoms with Crippen LogP contribution in [0.4, 0.5) is 0 Å². The summed E-state index contributed by atoms with van der Waals surface area (Å²) < 4.78 is 4.99. The first kappa shape index (κ1) is 16.5. The fourth-order valence-electron chi connectivity index (χ4n) is 3.27. The number of hydrogen-bond donors (Lipinski definition) is 0. The van der Waals surface area contributed by atoms with E-state index in [0.29, 0.717) is 6.04 Å². The summed E-state index contributed by atoms with van der Waals surface area (Å²) in [6.07, 6.45) is 11.4. The minimum absolute atomic E-state index is 0.490. The lowest BCUT2D eigenvalue weighted by molar-refractivity contribution is 0.111. The van der Waals surface area contributed by atoms with Gasteiger partial charge in [-0.1, -0.05) is 5.92 Å². The van der Waals surface area contributed by atoms with Crippen molar-refractivity contribution in [2.45, 2.75) is 25.6 Å². The number of nitrogens with zero attached hydrogens (tertiary/aromatic N) is 6. The molecule has 0 unspecified atom stereocenters. The zero-order valence-electron chi connectivity index (χ0n) is 14.2. The second kappa shape index (κ2) is 7.08. The molecule has 1 aliphatic heterocycles. The van der Waals surface area contributed by atoms with Crippen LogP contribution in [0.25, 0.3) is 11.4 Å². The molecule has 2 aromatic rings. The SMILES string of the molecule is C#CCN1CCN(Cn2nc(-c3cccnc3)n(C3CC3)c2=S)CC1. The van der Waals surface area contributed by atoms with E-state index in [2.05, 4.69) is 25.3 Å². The predicted octanol–water partition coefficient (Wildman–Crippen LogP) is 2.02. The number of hydrogen-bond acceptors (Lipinski definition) is 5. The van der Waals surface area contributed by atoms with Gasteiger partial charge in [-0.2, -0.15) is 5.10 Å². The summed E-state index contributed by atoms with van der Waals surface area (Å²) in [4.78, 5) is 8.93. The number of pyridine rings is 1. The van der Waals surface area contributed by atoms with E-state index in [1.807, 2.05) is 23.0 Å². The standard InChI is InChI=1S/C18H22N6S/c1-2-8-21-9-11-22(12-10-21)14-23-18(25)24(16-5-6-16)17(20-23)15-4-3-7-19-13-15/h1,3-4,7,13,16H,5-6,8-12,14H2. The second-order valence-corrected chi connectivity index (χ2v) is 7.05. The lowest BCUT2D eigenvalue weighted by atomic mass is 10.3. The molecule has 0 aromatic carbocycles. The molecule has 130 valence electrons. The smallest absolute Gasteiger partial charge is 0.199 e. The van der Waals surface area contributed by atoms with E-state index in [-0.39, 0.29) is 0 Å². The first-order chi connectivity index (χ1) is 12.3. The highest BCUT2D eigenvalue weighted by Crippen LogP contribution is 2.38. The van der Waals surface area contributed by atoms with E-state index >= 15 is 0 Å². The minimum atomic E-state index is 0.490. The fourth-order valence-corrected chi connectivity index (χ4v) is 3.61. The van der Waals surface area contributed by atoms with Crippen molar-refractivity contribution in [2.24, 2.45) is 0 Å². The summed E-state index contributed by atoms with van der Waals surface area (Å²) in [5.41, 5.74) is 1.03. The van der Waals surface area contributed by atoms with Gasteiger partial charge in [0.1, 0.15) is 0 Å². The van der Waals surface area contributed by atoms with E-state index in [9.17, 15) is 0 Å². The molecule has 1 saturated carbocycles. The topological polar surface area (TPSA) is 42.1 Å². The third-order valence-corrected chi connectivity index (χ3v) is 5.22. The Morgan fingerprint density at radius 2 is 1.96 bits per heavy atom. The van der Waals surface area contributed by atoms with Crippen molar-refractivity contribution in [2.75, 3.05) is 32.7 Å². The largest absolute Gasteiger partial charge is 0.297 e. The summed E-state index contributed by atoms with van der Waals surface area (Å²) in [5.74, 6) is 3.66. The van der Waals surface area contributed by atoms with Crippen molar-refractivity contribution >= 4 is 12.2 Å². The van der Waals surface area contributed by atoms with Gasteiger partial charge in [0.05, 0.1) is 13.2 Å². The quantitative estimate of drug-likeness (QED) is 0.607. The van der Waals surface area contributed by atoms with Gasteiger partial charge in [0.2, 0.25) is 0 Å². The van der Waals surface area contributed by atoms with Crippen molar-refractivity contribution in [1.82, 2.24) is 29.1 Å². The molecule has 0 atom stereocenters. The summed E-state index contributed by atoms with van der Waals surface area (Å²) >= 11 is 5.74. The van der Waals surface area contributed by atoms with Crippen molar-refractivity contribution in [3.63, 3.8) is 0 Å². The zero-order valence-corrected chi connectivity index (χ0v) is 15.0. The molecule has 0 N–H and O–H groups in total. The van der Waals surface area contributed by atoms with E-state index in [0.717, 1.165) is 55.6 Å². The molecule has 0 radical (unpaired) electrons. The maximum Gasteiger partial charge on any atom is 0.199 e. The molecule has 6 nitrogen and oxygen atoms in total. The van der Waals surface area contributed by atoms with Gasteiger partial charge in [-0.25, -0.2) is 4.68 Å². The van der Waals surface area contributed by atoms with Gasteiger partial charge in [0.15, 0.2) is 10.6 Å². The van der Waals surface area contributed by atoms with Crippen LogP contribution >= 0.6 is 12.2 Å². The number of aromatic nitrogens is 4. The Morgan fingerprint density at radius 1 is 1.20 bits per heavy atom. The van der Waals surface area contributed by atoms with E-state index < -0.39 is 0 Å². The maximum atomic E-state index is 5.74. The number of piperazine rings is 1. The summed E-state index contributed by atoms with van der Waals surface area (Å²) in [6, 6.07) is 4.48. The van der Waals surface area contributed by atoms with Gasteiger partial charge in [-0.3, -0.25) is 19.4 Å². The third kappa shape index (κ3) is 3.52. The molecule has 3 heterocycles. The van der Waals surface area contributed by atoms with Crippen LogP contribution in [0.2, 0.25) is 0 Å². The Morgan fingerprint density at radius 3 is 2.60 bits per heavy atom. The average Bonchev–Trinajstić information content (AvgIpc) is 3.43. The average molecular weight is 354 g/mol. The monoisotopic (exact) mass is 354 g/mol. The van der Waals surface area contributed by atoms with Crippen LogP contribution in [0.5, 0.6) is 0 Å². The minimum Gasteiger partial charge on any atom is -0.297 e. The molecule has 2 aliphatic rings. The maximum absolute atomic E-state index is 5.74. The highest BCUT2D eigenvalue weighted by molar-refractivity contribution is 7.71. The number of rotatable bonds is 5. The van der Waals surface area contributed by atoms with Crippen LogP contribution in [0.15, 0.2) is 24.5 Å². The van der Waals surface area contributed by atoms with Crippen molar-refractivity contribution in [3.05, 3.63) is 29.3 Å². The van der Waals surface area contributed by atoms with Gasteiger partial charge in [0, 0.05) is 50.2 Å². The van der Waals surface area contributed by atoms with Crippen molar-refractivity contribution < 1.29 is 0 Å². The first-order valence-corrected chi connectivity index (χ1v) is 9.15. The number of terminal acetylenes is 1. The highest BCUT2D eigenvalue weighted by Gasteiger charge is 2.29. The second-order valence-electron chi connectivity index (χ2n) is 6.69. The normalized spacial score (nSPS) is 19.0. The zero-order chi connectivity index (χ0) is 17.2. The summed E-state index contributed by atoms with van der Waals surface area (Å²) in [7, 11) is 0. The molecule has 7 heteroatoms. The van der Waals surface area contributed by atoms with Crippen molar-refractivity contribution in [3.8, 4) is 23.7 Å². The molecule has 0 bridgehead atoms. The van der Waals surface area contributed by atoms with Gasteiger partial charge in [-0.15, -0.1) is 6.42 Å². The Kier molecular flexibility index (Phi) is 4.66. The molecule has 2 aromatic heterocycles. The van der Waals surface area contributed by atoms with Gasteiger partial charge in [-0.05, 0) is 37.2 Å².